The second kappa shape index (κ2) is 9.12. The zero-order valence-corrected chi connectivity index (χ0v) is 20.2. The van der Waals surface area contributed by atoms with Gasteiger partial charge in [-0.25, -0.2) is 4.98 Å². The predicted octanol–water partition coefficient (Wildman–Crippen LogP) is 5.38. The van der Waals surface area contributed by atoms with Crippen molar-refractivity contribution in [1.29, 1.82) is 0 Å². The Bertz CT molecular complexity index is 1280. The summed E-state index contributed by atoms with van der Waals surface area (Å²) < 4.78 is 8.27. The molecule has 0 radical (unpaired) electrons. The van der Waals surface area contributed by atoms with E-state index >= 15 is 0 Å². The Morgan fingerprint density at radius 2 is 1.91 bits per heavy atom. The predicted molar refractivity (Wildman–Crippen MR) is 130 cm³/mol. The van der Waals surface area contributed by atoms with Gasteiger partial charge in [-0.2, -0.15) is 5.10 Å². The van der Waals surface area contributed by atoms with E-state index in [0.717, 1.165) is 43.6 Å². The van der Waals surface area contributed by atoms with Crippen LogP contribution in [0.4, 0.5) is 0 Å². The van der Waals surface area contributed by atoms with Crippen molar-refractivity contribution in [2.45, 2.75) is 20.4 Å². The van der Waals surface area contributed by atoms with E-state index in [1.807, 2.05) is 87.4 Å². The first-order valence-electron chi connectivity index (χ1n) is 10.4. The van der Waals surface area contributed by atoms with Crippen molar-refractivity contribution < 1.29 is 9.53 Å². The third kappa shape index (κ3) is 4.39. The number of rotatable bonds is 6. The van der Waals surface area contributed by atoms with Gasteiger partial charge in [0.05, 0.1) is 29.6 Å². The summed E-state index contributed by atoms with van der Waals surface area (Å²) in [5.41, 5.74) is 5.13. The topological polar surface area (TPSA) is 60.2 Å². The van der Waals surface area contributed by atoms with Gasteiger partial charge in [-0.1, -0.05) is 15.9 Å². The standard InChI is InChI=1S/C25H25BrN4O2/c1-5-32-20-9-6-17(7-10-20)24-13-22(21-12-19(26)8-11-23(21)28-24)25(31)29(3)15-18-14-27-30(4)16(18)2/h6-14H,5,15H2,1-4H3. The SMILES string of the molecule is CCOc1ccc(-c2cc(C(=O)N(C)Cc3cnn(C)c3C)c3cc(Br)ccc3n2)cc1. The number of aryl methyl sites for hydroxylation is 1. The monoisotopic (exact) mass is 492 g/mol. The van der Waals surface area contributed by atoms with Gasteiger partial charge in [0.25, 0.3) is 5.91 Å². The zero-order valence-electron chi connectivity index (χ0n) is 18.6. The highest BCUT2D eigenvalue weighted by Gasteiger charge is 2.19. The van der Waals surface area contributed by atoms with Crippen LogP contribution >= 0.6 is 15.9 Å². The summed E-state index contributed by atoms with van der Waals surface area (Å²) in [4.78, 5) is 20.1. The lowest BCUT2D eigenvalue weighted by molar-refractivity contribution is 0.0787. The maximum Gasteiger partial charge on any atom is 0.254 e. The molecule has 0 bridgehead atoms. The quantitative estimate of drug-likeness (QED) is 0.362. The van der Waals surface area contributed by atoms with Crippen molar-refractivity contribution in [3.63, 3.8) is 0 Å². The van der Waals surface area contributed by atoms with Crippen molar-refractivity contribution in [3.05, 3.63) is 76.0 Å². The van der Waals surface area contributed by atoms with Crippen LogP contribution in [0.15, 0.2) is 59.2 Å². The van der Waals surface area contributed by atoms with Gasteiger partial charge in [0, 0.05) is 47.3 Å². The molecule has 0 saturated heterocycles. The molecule has 0 N–H and O–H groups in total. The molecule has 0 unspecified atom stereocenters. The second-order valence-electron chi connectivity index (χ2n) is 7.71. The lowest BCUT2D eigenvalue weighted by Gasteiger charge is -2.19. The molecule has 7 heteroatoms. The van der Waals surface area contributed by atoms with Crippen LogP contribution in [0.5, 0.6) is 5.75 Å². The van der Waals surface area contributed by atoms with Crippen molar-refractivity contribution in [3.8, 4) is 17.0 Å². The van der Waals surface area contributed by atoms with Crippen LogP contribution in [0.2, 0.25) is 0 Å². The van der Waals surface area contributed by atoms with E-state index in [1.54, 1.807) is 4.90 Å². The Labute approximate surface area is 196 Å². The van der Waals surface area contributed by atoms with Gasteiger partial charge < -0.3 is 9.64 Å². The third-order valence-corrected chi connectivity index (χ3v) is 6.05. The lowest BCUT2D eigenvalue weighted by Crippen LogP contribution is -2.26. The largest absolute Gasteiger partial charge is 0.494 e. The number of hydrogen-bond donors (Lipinski definition) is 0. The molecule has 32 heavy (non-hydrogen) atoms. The Morgan fingerprint density at radius 1 is 1.16 bits per heavy atom. The molecule has 0 saturated carbocycles. The van der Waals surface area contributed by atoms with E-state index in [9.17, 15) is 4.79 Å². The van der Waals surface area contributed by atoms with Gasteiger partial charge in [0.1, 0.15) is 5.75 Å². The number of benzene rings is 2. The van der Waals surface area contributed by atoms with Gasteiger partial charge in [-0.3, -0.25) is 9.48 Å². The zero-order chi connectivity index (χ0) is 22.8. The number of aromatic nitrogens is 3. The minimum atomic E-state index is -0.0639. The van der Waals surface area contributed by atoms with Crippen LogP contribution < -0.4 is 4.74 Å². The van der Waals surface area contributed by atoms with Gasteiger partial charge in [0.2, 0.25) is 0 Å². The van der Waals surface area contributed by atoms with Crippen molar-refractivity contribution in [2.75, 3.05) is 13.7 Å². The molecule has 1 amide bonds. The number of ether oxygens (including phenoxy) is 1. The van der Waals surface area contributed by atoms with Gasteiger partial charge in [0.15, 0.2) is 0 Å². The summed E-state index contributed by atoms with van der Waals surface area (Å²) in [5, 5.41) is 5.10. The molecular weight excluding hydrogens is 468 g/mol. The first kappa shape index (κ1) is 22.0. The number of carbonyl (C=O) groups excluding carboxylic acids is 1. The maximum atomic E-state index is 13.6. The summed E-state index contributed by atoms with van der Waals surface area (Å²) in [6.45, 7) is 5.06. The van der Waals surface area contributed by atoms with Crippen LogP contribution in [-0.2, 0) is 13.6 Å². The first-order chi connectivity index (χ1) is 15.4. The molecule has 2 aromatic heterocycles. The molecule has 0 aliphatic heterocycles. The highest BCUT2D eigenvalue weighted by atomic mass is 79.9. The highest BCUT2D eigenvalue weighted by Crippen LogP contribution is 2.29. The smallest absolute Gasteiger partial charge is 0.254 e. The summed E-state index contributed by atoms with van der Waals surface area (Å²) in [5.74, 6) is 0.745. The molecule has 4 aromatic rings. The molecule has 164 valence electrons. The van der Waals surface area contributed by atoms with Crippen LogP contribution in [0.1, 0.15) is 28.5 Å². The second-order valence-corrected chi connectivity index (χ2v) is 8.63. The van der Waals surface area contributed by atoms with E-state index in [0.29, 0.717) is 18.7 Å². The van der Waals surface area contributed by atoms with Crippen molar-refractivity contribution >= 4 is 32.7 Å². The minimum absolute atomic E-state index is 0.0639. The summed E-state index contributed by atoms with van der Waals surface area (Å²) in [6.07, 6.45) is 1.81. The Morgan fingerprint density at radius 3 is 2.56 bits per heavy atom. The van der Waals surface area contributed by atoms with Gasteiger partial charge in [-0.05, 0) is 62.4 Å². The van der Waals surface area contributed by atoms with Gasteiger partial charge in [-0.15, -0.1) is 0 Å². The average molecular weight is 493 g/mol. The molecule has 0 aliphatic carbocycles. The minimum Gasteiger partial charge on any atom is -0.494 e. The molecule has 2 aromatic carbocycles. The molecule has 0 aliphatic rings. The summed E-state index contributed by atoms with van der Waals surface area (Å²) >= 11 is 3.53. The maximum absolute atomic E-state index is 13.6. The fourth-order valence-corrected chi connectivity index (χ4v) is 4.00. The molecule has 4 rings (SSSR count). The van der Waals surface area contributed by atoms with Crippen LogP contribution in [0.25, 0.3) is 22.2 Å². The van der Waals surface area contributed by atoms with E-state index in [4.69, 9.17) is 9.72 Å². The third-order valence-electron chi connectivity index (χ3n) is 5.55. The molecule has 0 fully saturated rings. The van der Waals surface area contributed by atoms with E-state index < -0.39 is 0 Å². The van der Waals surface area contributed by atoms with Crippen LogP contribution in [0.3, 0.4) is 0 Å². The van der Waals surface area contributed by atoms with Crippen LogP contribution in [-0.4, -0.2) is 39.2 Å². The average Bonchev–Trinajstić information content (AvgIpc) is 3.10. The highest BCUT2D eigenvalue weighted by molar-refractivity contribution is 9.10. The van der Waals surface area contributed by atoms with Crippen molar-refractivity contribution in [2.24, 2.45) is 7.05 Å². The Kier molecular flexibility index (Phi) is 6.28. The number of fused-ring (bicyclic) bond motifs is 1. The lowest BCUT2D eigenvalue weighted by atomic mass is 10.0. The molecule has 6 nitrogen and oxygen atoms in total. The fraction of sp³-hybridized carbons (Fsp3) is 0.240. The number of nitrogens with zero attached hydrogens (tertiary/aromatic N) is 4. The normalized spacial score (nSPS) is 11.0. The fourth-order valence-electron chi connectivity index (χ4n) is 3.64. The number of carbonyl (C=O) groups is 1. The Balaban J connectivity index is 1.75. The molecule has 0 spiro atoms. The molecule has 2 heterocycles. The number of amides is 1. The van der Waals surface area contributed by atoms with E-state index in [-0.39, 0.29) is 5.91 Å². The number of pyridine rings is 1. The summed E-state index contributed by atoms with van der Waals surface area (Å²) in [7, 11) is 3.72. The first-order valence-corrected chi connectivity index (χ1v) is 11.2. The molecular formula is C25H25BrN4O2. The Hall–Kier alpha value is -3.19. The van der Waals surface area contributed by atoms with Crippen molar-refractivity contribution in [1.82, 2.24) is 19.7 Å². The summed E-state index contributed by atoms with van der Waals surface area (Å²) in [6, 6.07) is 15.5. The number of hydrogen-bond acceptors (Lipinski definition) is 4. The van der Waals surface area contributed by atoms with E-state index in [1.165, 1.54) is 0 Å². The number of halogens is 1. The van der Waals surface area contributed by atoms with Crippen LogP contribution in [0, 0.1) is 6.92 Å². The van der Waals surface area contributed by atoms with Gasteiger partial charge >= 0.3 is 0 Å². The van der Waals surface area contributed by atoms with E-state index in [2.05, 4.69) is 21.0 Å². The molecule has 0 atom stereocenters.